The van der Waals surface area contributed by atoms with Crippen molar-refractivity contribution in [2.75, 3.05) is 12.8 Å². The van der Waals surface area contributed by atoms with E-state index in [1.807, 2.05) is 6.92 Å². The standard InChI is InChI=1S/C7H15O3P/c1-3-5-6-10-11(8,9)7-4-2/h4H,2-3,5-7H2,1H3,(H,8,9). The van der Waals surface area contributed by atoms with Crippen LogP contribution in [0, 0.1) is 0 Å². The molecule has 1 atom stereocenters. The average molecular weight is 178 g/mol. The maximum atomic E-state index is 11.0. The Bertz CT molecular complexity index is 156. The Morgan fingerprint density at radius 2 is 2.36 bits per heavy atom. The largest absolute Gasteiger partial charge is 0.331 e. The summed E-state index contributed by atoms with van der Waals surface area (Å²) in [6.07, 6.45) is 3.22. The van der Waals surface area contributed by atoms with Crippen molar-refractivity contribution in [3.8, 4) is 0 Å². The van der Waals surface area contributed by atoms with E-state index in [1.54, 1.807) is 0 Å². The molecular formula is C7H15O3P. The number of rotatable bonds is 6. The normalized spacial score (nSPS) is 15.8. The lowest BCUT2D eigenvalue weighted by Gasteiger charge is -2.08. The zero-order valence-corrected chi connectivity index (χ0v) is 7.72. The van der Waals surface area contributed by atoms with Crippen LogP contribution in [0.2, 0.25) is 0 Å². The van der Waals surface area contributed by atoms with E-state index < -0.39 is 7.60 Å². The smallest absolute Gasteiger partial charge is 0.324 e. The second-order valence-electron chi connectivity index (χ2n) is 2.30. The van der Waals surface area contributed by atoms with Gasteiger partial charge in [-0.1, -0.05) is 19.4 Å². The number of hydrogen-bond donors (Lipinski definition) is 1. The van der Waals surface area contributed by atoms with Crippen molar-refractivity contribution >= 4 is 7.60 Å². The van der Waals surface area contributed by atoms with Gasteiger partial charge in [0, 0.05) is 0 Å². The minimum Gasteiger partial charge on any atom is -0.324 e. The molecule has 0 bridgehead atoms. The summed E-state index contributed by atoms with van der Waals surface area (Å²) in [6, 6.07) is 0. The zero-order valence-electron chi connectivity index (χ0n) is 6.82. The molecule has 0 rings (SSSR count). The third-order valence-corrected chi connectivity index (χ3v) is 2.46. The minimum absolute atomic E-state index is 0.0384. The van der Waals surface area contributed by atoms with E-state index >= 15 is 0 Å². The molecule has 0 saturated heterocycles. The Morgan fingerprint density at radius 3 is 2.82 bits per heavy atom. The Kier molecular flexibility index (Phi) is 5.47. The van der Waals surface area contributed by atoms with E-state index in [-0.39, 0.29) is 6.16 Å². The molecule has 4 heteroatoms. The summed E-state index contributed by atoms with van der Waals surface area (Å²) in [5.41, 5.74) is 0. The molecule has 66 valence electrons. The van der Waals surface area contributed by atoms with E-state index in [1.165, 1.54) is 6.08 Å². The molecule has 0 amide bonds. The highest BCUT2D eigenvalue weighted by atomic mass is 31.2. The molecule has 0 aromatic rings. The molecule has 1 unspecified atom stereocenters. The second-order valence-corrected chi connectivity index (χ2v) is 4.19. The number of hydrogen-bond acceptors (Lipinski definition) is 2. The Hall–Kier alpha value is -0.110. The Balaban J connectivity index is 3.55. The van der Waals surface area contributed by atoms with Gasteiger partial charge in [-0.3, -0.25) is 4.57 Å². The van der Waals surface area contributed by atoms with Gasteiger partial charge in [-0.25, -0.2) is 0 Å². The van der Waals surface area contributed by atoms with Crippen molar-refractivity contribution in [3.63, 3.8) is 0 Å². The van der Waals surface area contributed by atoms with Gasteiger partial charge in [-0.15, -0.1) is 6.58 Å². The van der Waals surface area contributed by atoms with Gasteiger partial charge in [0.05, 0.1) is 12.8 Å². The SMILES string of the molecule is C=CCP(=O)(O)OCCCC. The Morgan fingerprint density at radius 1 is 1.73 bits per heavy atom. The summed E-state index contributed by atoms with van der Waals surface area (Å²) < 4.78 is 15.7. The molecule has 0 heterocycles. The first kappa shape index (κ1) is 10.9. The van der Waals surface area contributed by atoms with Gasteiger partial charge in [0.2, 0.25) is 0 Å². The van der Waals surface area contributed by atoms with E-state index in [2.05, 4.69) is 6.58 Å². The van der Waals surface area contributed by atoms with Crippen molar-refractivity contribution in [2.24, 2.45) is 0 Å². The molecule has 3 nitrogen and oxygen atoms in total. The van der Waals surface area contributed by atoms with Crippen molar-refractivity contribution < 1.29 is 14.0 Å². The molecule has 0 aromatic carbocycles. The average Bonchev–Trinajstić information content (AvgIpc) is 1.87. The van der Waals surface area contributed by atoms with Gasteiger partial charge >= 0.3 is 7.60 Å². The van der Waals surface area contributed by atoms with E-state index in [0.29, 0.717) is 6.61 Å². The maximum Gasteiger partial charge on any atom is 0.331 e. The minimum atomic E-state index is -3.34. The van der Waals surface area contributed by atoms with E-state index in [4.69, 9.17) is 9.42 Å². The predicted octanol–water partition coefficient (Wildman–Crippen LogP) is 2.17. The lowest BCUT2D eigenvalue weighted by atomic mass is 10.4. The maximum absolute atomic E-state index is 11.0. The van der Waals surface area contributed by atoms with Crippen LogP contribution in [0.1, 0.15) is 19.8 Å². The van der Waals surface area contributed by atoms with Crippen molar-refractivity contribution in [2.45, 2.75) is 19.8 Å². The molecular weight excluding hydrogens is 163 g/mol. The highest BCUT2D eigenvalue weighted by molar-refractivity contribution is 7.53. The first-order chi connectivity index (χ1) is 5.12. The summed E-state index contributed by atoms with van der Waals surface area (Å²) in [4.78, 5) is 9.00. The molecule has 0 radical (unpaired) electrons. The fraction of sp³-hybridized carbons (Fsp3) is 0.714. The van der Waals surface area contributed by atoms with Crippen LogP contribution in [-0.4, -0.2) is 17.7 Å². The lowest BCUT2D eigenvalue weighted by Crippen LogP contribution is -1.94. The van der Waals surface area contributed by atoms with Crippen LogP contribution >= 0.6 is 7.60 Å². The molecule has 0 spiro atoms. The van der Waals surface area contributed by atoms with Crippen molar-refractivity contribution in [1.29, 1.82) is 0 Å². The molecule has 0 aliphatic heterocycles. The third kappa shape index (κ3) is 6.29. The highest BCUT2D eigenvalue weighted by Crippen LogP contribution is 2.41. The van der Waals surface area contributed by atoms with Gasteiger partial charge in [-0.05, 0) is 6.42 Å². The molecule has 0 saturated carbocycles. The fourth-order valence-corrected chi connectivity index (χ4v) is 1.41. The topological polar surface area (TPSA) is 46.5 Å². The molecule has 0 aliphatic carbocycles. The summed E-state index contributed by atoms with van der Waals surface area (Å²) in [5.74, 6) is 0. The summed E-state index contributed by atoms with van der Waals surface area (Å²) in [5, 5.41) is 0. The number of allylic oxidation sites excluding steroid dienone is 1. The zero-order chi connectivity index (χ0) is 8.74. The van der Waals surface area contributed by atoms with Crippen molar-refractivity contribution in [1.82, 2.24) is 0 Å². The monoisotopic (exact) mass is 178 g/mol. The van der Waals surface area contributed by atoms with Crippen molar-refractivity contribution in [3.05, 3.63) is 12.7 Å². The van der Waals surface area contributed by atoms with Crippen LogP contribution in [0.3, 0.4) is 0 Å². The summed E-state index contributed by atoms with van der Waals surface area (Å²) in [7, 11) is -3.34. The molecule has 0 fully saturated rings. The van der Waals surface area contributed by atoms with Crippen LogP contribution in [0.15, 0.2) is 12.7 Å². The summed E-state index contributed by atoms with van der Waals surface area (Å²) in [6.45, 7) is 5.72. The van der Waals surface area contributed by atoms with Crippen LogP contribution in [-0.2, 0) is 9.09 Å². The van der Waals surface area contributed by atoms with E-state index in [0.717, 1.165) is 12.8 Å². The summed E-state index contributed by atoms with van der Waals surface area (Å²) >= 11 is 0. The second kappa shape index (κ2) is 5.53. The van der Waals surface area contributed by atoms with Crippen LogP contribution < -0.4 is 0 Å². The quantitative estimate of drug-likeness (QED) is 0.385. The van der Waals surface area contributed by atoms with Gasteiger partial charge in [0.25, 0.3) is 0 Å². The fourth-order valence-electron chi connectivity index (χ4n) is 0.567. The lowest BCUT2D eigenvalue weighted by molar-refractivity contribution is 0.257. The molecule has 11 heavy (non-hydrogen) atoms. The molecule has 0 aromatic heterocycles. The predicted molar refractivity (Wildman–Crippen MR) is 45.7 cm³/mol. The number of unbranched alkanes of at least 4 members (excludes halogenated alkanes) is 1. The van der Waals surface area contributed by atoms with Gasteiger partial charge < -0.3 is 9.42 Å². The highest BCUT2D eigenvalue weighted by Gasteiger charge is 2.15. The Labute approximate surface area is 67.6 Å². The first-order valence-electron chi connectivity index (χ1n) is 3.69. The van der Waals surface area contributed by atoms with Gasteiger partial charge in [0.15, 0.2) is 0 Å². The van der Waals surface area contributed by atoms with Crippen LogP contribution in [0.5, 0.6) is 0 Å². The molecule has 1 N–H and O–H groups in total. The first-order valence-corrected chi connectivity index (χ1v) is 5.46. The van der Waals surface area contributed by atoms with Crippen LogP contribution in [0.25, 0.3) is 0 Å². The van der Waals surface area contributed by atoms with Gasteiger partial charge in [0.1, 0.15) is 0 Å². The van der Waals surface area contributed by atoms with Gasteiger partial charge in [-0.2, -0.15) is 0 Å². The van der Waals surface area contributed by atoms with E-state index in [9.17, 15) is 4.57 Å². The molecule has 0 aliphatic rings. The van der Waals surface area contributed by atoms with Crippen LogP contribution in [0.4, 0.5) is 0 Å². The third-order valence-electron chi connectivity index (χ3n) is 1.15.